The molecule has 0 heterocycles. The molecule has 0 aromatic rings. The molecule has 3 atom stereocenters. The Hall–Kier alpha value is -0.830. The Morgan fingerprint density at radius 3 is 2.81 bits per heavy atom. The van der Waals surface area contributed by atoms with Gasteiger partial charge >= 0.3 is 5.97 Å². The first-order chi connectivity index (χ1) is 7.79. The summed E-state index contributed by atoms with van der Waals surface area (Å²) < 4.78 is 9.99. The van der Waals surface area contributed by atoms with Crippen LogP contribution in [-0.2, 0) is 14.3 Å². The molecule has 1 fully saturated rings. The fraction of sp³-hybridized carbons (Fsp3) is 0.769. The van der Waals surface area contributed by atoms with Crippen LogP contribution in [0.25, 0.3) is 0 Å². The lowest BCUT2D eigenvalue weighted by molar-refractivity contribution is -0.145. The van der Waals surface area contributed by atoms with Crippen LogP contribution in [0.4, 0.5) is 0 Å². The third kappa shape index (κ3) is 2.85. The number of carbonyl (C=O) groups excluding carboxylic acids is 1. The van der Waals surface area contributed by atoms with Gasteiger partial charge in [-0.2, -0.15) is 0 Å². The van der Waals surface area contributed by atoms with Gasteiger partial charge in [0.2, 0.25) is 0 Å². The van der Waals surface area contributed by atoms with E-state index in [-0.39, 0.29) is 5.97 Å². The molecule has 0 N–H and O–H groups in total. The van der Waals surface area contributed by atoms with E-state index in [4.69, 9.17) is 9.47 Å². The average Bonchev–Trinajstić information content (AvgIpc) is 2.88. The molecule has 3 nitrogen and oxygen atoms in total. The Balaban J connectivity index is 1.58. The first kappa shape index (κ1) is 11.6. The minimum Gasteiger partial charge on any atom is -0.466 e. The summed E-state index contributed by atoms with van der Waals surface area (Å²) in [5, 5.41) is 0. The Bertz CT molecular complexity index is 272. The van der Waals surface area contributed by atoms with Gasteiger partial charge in [0.1, 0.15) is 0 Å². The van der Waals surface area contributed by atoms with E-state index in [1.807, 2.05) is 0 Å². The highest BCUT2D eigenvalue weighted by Gasteiger charge is 2.35. The maximum atomic E-state index is 11.2. The quantitative estimate of drug-likeness (QED) is 0.512. The molecule has 3 unspecified atom stereocenters. The highest BCUT2D eigenvalue weighted by molar-refractivity contribution is 5.69. The molecule has 16 heavy (non-hydrogen) atoms. The number of ether oxygens (including phenoxy) is 2. The molecule has 0 aromatic carbocycles. The van der Waals surface area contributed by atoms with Gasteiger partial charge in [0, 0.05) is 7.11 Å². The molecule has 90 valence electrons. The van der Waals surface area contributed by atoms with Crippen molar-refractivity contribution >= 4 is 5.97 Å². The van der Waals surface area contributed by atoms with E-state index in [9.17, 15) is 4.79 Å². The molecule has 0 radical (unpaired) electrons. The van der Waals surface area contributed by atoms with E-state index in [1.165, 1.54) is 12.8 Å². The molecule has 0 aliphatic heterocycles. The van der Waals surface area contributed by atoms with Crippen LogP contribution in [0.3, 0.4) is 0 Å². The van der Waals surface area contributed by atoms with E-state index in [0.717, 1.165) is 24.2 Å². The highest BCUT2D eigenvalue weighted by atomic mass is 16.5. The summed E-state index contributed by atoms with van der Waals surface area (Å²) in [7, 11) is 1.59. The monoisotopic (exact) mass is 224 g/mol. The van der Waals surface area contributed by atoms with Crippen molar-refractivity contribution in [3.8, 4) is 0 Å². The molecule has 2 aliphatic carbocycles. The largest absolute Gasteiger partial charge is 0.466 e. The lowest BCUT2D eigenvalue weighted by Crippen LogP contribution is -2.14. The van der Waals surface area contributed by atoms with Gasteiger partial charge < -0.3 is 9.47 Å². The van der Waals surface area contributed by atoms with Crippen molar-refractivity contribution in [2.45, 2.75) is 25.7 Å². The molecular formula is C13H20O3. The summed E-state index contributed by atoms with van der Waals surface area (Å²) in [5.74, 6) is 2.16. The standard InChI is InChI=1S/C13H20O3/c1-15-6-5-13(14)16-7-4-12-9-10-2-3-11(12)8-10/h2-3,10-12H,4-9H2,1H3. The number of methoxy groups -OCH3 is 1. The second-order valence-corrected chi connectivity index (χ2v) is 4.79. The normalized spacial score (nSPS) is 30.9. The first-order valence-electron chi connectivity index (χ1n) is 6.12. The van der Waals surface area contributed by atoms with Crippen molar-refractivity contribution in [2.24, 2.45) is 17.8 Å². The van der Waals surface area contributed by atoms with E-state index in [1.54, 1.807) is 7.11 Å². The molecule has 3 heteroatoms. The maximum absolute atomic E-state index is 11.2. The van der Waals surface area contributed by atoms with Gasteiger partial charge in [0.05, 0.1) is 19.6 Å². The minimum atomic E-state index is -0.138. The summed E-state index contributed by atoms with van der Waals surface area (Å²) >= 11 is 0. The Kier molecular flexibility index (Phi) is 3.99. The highest BCUT2D eigenvalue weighted by Crippen LogP contribution is 2.44. The molecule has 2 rings (SSSR count). The van der Waals surface area contributed by atoms with Gasteiger partial charge in [-0.15, -0.1) is 0 Å². The van der Waals surface area contributed by atoms with Crippen LogP contribution in [0.2, 0.25) is 0 Å². The predicted octanol–water partition coefficient (Wildman–Crippen LogP) is 2.17. The van der Waals surface area contributed by atoms with Crippen molar-refractivity contribution in [3.63, 3.8) is 0 Å². The third-order valence-electron chi connectivity index (χ3n) is 3.68. The number of esters is 1. The fourth-order valence-corrected chi connectivity index (χ4v) is 2.81. The van der Waals surface area contributed by atoms with Gasteiger partial charge in [-0.05, 0) is 37.0 Å². The number of fused-ring (bicyclic) bond motifs is 2. The molecule has 0 amide bonds. The second-order valence-electron chi connectivity index (χ2n) is 4.79. The molecule has 0 aromatic heterocycles. The van der Waals surface area contributed by atoms with Crippen LogP contribution < -0.4 is 0 Å². The fourth-order valence-electron chi connectivity index (χ4n) is 2.81. The number of hydrogen-bond donors (Lipinski definition) is 0. The van der Waals surface area contributed by atoms with Crippen LogP contribution in [0, 0.1) is 17.8 Å². The van der Waals surface area contributed by atoms with Crippen LogP contribution in [-0.4, -0.2) is 26.3 Å². The number of carbonyl (C=O) groups is 1. The van der Waals surface area contributed by atoms with Gasteiger partial charge in [0.25, 0.3) is 0 Å². The van der Waals surface area contributed by atoms with Crippen LogP contribution >= 0.6 is 0 Å². The molecule has 0 spiro atoms. The van der Waals surface area contributed by atoms with Gasteiger partial charge in [-0.3, -0.25) is 4.79 Å². The molecule has 2 bridgehead atoms. The molecule has 0 saturated heterocycles. The lowest BCUT2D eigenvalue weighted by atomic mass is 9.91. The summed E-state index contributed by atoms with van der Waals surface area (Å²) in [6.07, 6.45) is 8.67. The van der Waals surface area contributed by atoms with Gasteiger partial charge in [-0.1, -0.05) is 12.2 Å². The van der Waals surface area contributed by atoms with E-state index >= 15 is 0 Å². The van der Waals surface area contributed by atoms with E-state index in [0.29, 0.717) is 19.6 Å². The number of allylic oxidation sites excluding steroid dienone is 2. The van der Waals surface area contributed by atoms with Crippen molar-refractivity contribution in [2.75, 3.05) is 20.3 Å². The van der Waals surface area contributed by atoms with Crippen molar-refractivity contribution in [1.82, 2.24) is 0 Å². The topological polar surface area (TPSA) is 35.5 Å². The van der Waals surface area contributed by atoms with E-state index in [2.05, 4.69) is 12.2 Å². The summed E-state index contributed by atoms with van der Waals surface area (Å²) in [6.45, 7) is 1.03. The van der Waals surface area contributed by atoms with Crippen LogP contribution in [0.5, 0.6) is 0 Å². The average molecular weight is 224 g/mol. The van der Waals surface area contributed by atoms with Gasteiger partial charge in [-0.25, -0.2) is 0 Å². The summed E-state index contributed by atoms with van der Waals surface area (Å²) in [6, 6.07) is 0. The second kappa shape index (κ2) is 5.48. The number of rotatable bonds is 6. The molecule has 1 saturated carbocycles. The predicted molar refractivity (Wildman–Crippen MR) is 60.9 cm³/mol. The third-order valence-corrected chi connectivity index (χ3v) is 3.68. The Labute approximate surface area is 96.8 Å². The van der Waals surface area contributed by atoms with Crippen LogP contribution in [0.1, 0.15) is 25.7 Å². The van der Waals surface area contributed by atoms with Crippen molar-refractivity contribution in [3.05, 3.63) is 12.2 Å². The van der Waals surface area contributed by atoms with Crippen LogP contribution in [0.15, 0.2) is 12.2 Å². The zero-order chi connectivity index (χ0) is 11.4. The molecule has 2 aliphatic rings. The zero-order valence-corrected chi connectivity index (χ0v) is 9.85. The minimum absolute atomic E-state index is 0.138. The first-order valence-corrected chi connectivity index (χ1v) is 6.12. The summed E-state index contributed by atoms with van der Waals surface area (Å²) in [4.78, 5) is 11.2. The maximum Gasteiger partial charge on any atom is 0.308 e. The molecular weight excluding hydrogens is 204 g/mol. The summed E-state index contributed by atoms with van der Waals surface area (Å²) in [5.41, 5.74) is 0. The lowest BCUT2D eigenvalue weighted by Gasteiger charge is -2.17. The van der Waals surface area contributed by atoms with E-state index < -0.39 is 0 Å². The smallest absolute Gasteiger partial charge is 0.308 e. The SMILES string of the molecule is COCCC(=O)OCCC1CC2C=CC1C2. The van der Waals surface area contributed by atoms with Crippen molar-refractivity contribution in [1.29, 1.82) is 0 Å². The zero-order valence-electron chi connectivity index (χ0n) is 9.85. The Morgan fingerprint density at radius 2 is 2.19 bits per heavy atom. The van der Waals surface area contributed by atoms with Gasteiger partial charge in [0.15, 0.2) is 0 Å². The number of hydrogen-bond acceptors (Lipinski definition) is 3. The van der Waals surface area contributed by atoms with Crippen molar-refractivity contribution < 1.29 is 14.3 Å². The Morgan fingerprint density at radius 1 is 1.31 bits per heavy atom.